The molecule has 0 unspecified atom stereocenters. The Labute approximate surface area is 134 Å². The van der Waals surface area contributed by atoms with Crippen molar-refractivity contribution in [3.05, 3.63) is 18.6 Å². The summed E-state index contributed by atoms with van der Waals surface area (Å²) in [6.45, 7) is 7.48. The summed E-state index contributed by atoms with van der Waals surface area (Å²) in [5, 5.41) is 3.03. The number of nitrogens with one attached hydrogen (secondary N) is 1. The number of nitrogens with two attached hydrogens (primary N) is 1. The van der Waals surface area contributed by atoms with E-state index < -0.39 is 13.9 Å². The third kappa shape index (κ3) is 3.76. The van der Waals surface area contributed by atoms with E-state index in [2.05, 4.69) is 21.4 Å². The van der Waals surface area contributed by atoms with Crippen LogP contribution in [0.25, 0.3) is 5.70 Å². The van der Waals surface area contributed by atoms with Crippen LogP contribution in [0.1, 0.15) is 25.8 Å². The third-order valence-electron chi connectivity index (χ3n) is 4.20. The topological polar surface area (TPSA) is 132 Å². The number of hydrogen-bond acceptors (Lipinski definition) is 6. The van der Waals surface area contributed by atoms with Crippen molar-refractivity contribution in [2.75, 3.05) is 19.0 Å². The van der Waals surface area contributed by atoms with Crippen molar-refractivity contribution in [1.29, 1.82) is 0 Å². The first-order valence-electron chi connectivity index (χ1n) is 7.20. The van der Waals surface area contributed by atoms with Crippen LogP contribution < -0.4 is 11.1 Å². The molecule has 0 amide bonds. The number of rotatable bonds is 6. The zero-order valence-corrected chi connectivity index (χ0v) is 14.2. The lowest BCUT2D eigenvalue weighted by atomic mass is 9.93. The third-order valence-corrected chi connectivity index (χ3v) is 4.68. The number of aromatic nitrogens is 2. The Morgan fingerprint density at radius 1 is 1.57 bits per heavy atom. The molecular weight excluding hydrogens is 323 g/mol. The van der Waals surface area contributed by atoms with Gasteiger partial charge in [-0.25, -0.2) is 9.55 Å². The molecule has 0 bridgehead atoms. The van der Waals surface area contributed by atoms with Crippen LogP contribution in [0.5, 0.6) is 0 Å². The van der Waals surface area contributed by atoms with E-state index in [-0.39, 0.29) is 24.7 Å². The fourth-order valence-electron chi connectivity index (χ4n) is 2.74. The standard InChI is InChI=1S/C13H23N4O5P/c1-7-8(2)13(22-10(7)5-21-23(18,19)20)17-6-16-11(9(3)14)12(17)15-4/h6-8,10,13,15H,3,5,14H2,1-2,4H3,(H2,18,19,20)/t7-,8+,10+,13+/m0/s1. The molecule has 1 aliphatic heterocycles. The van der Waals surface area contributed by atoms with Crippen LogP contribution in [0, 0.1) is 11.8 Å². The lowest BCUT2D eigenvalue weighted by Gasteiger charge is -2.20. The van der Waals surface area contributed by atoms with Gasteiger partial charge in [-0.3, -0.25) is 9.09 Å². The van der Waals surface area contributed by atoms with Crippen LogP contribution >= 0.6 is 7.82 Å². The van der Waals surface area contributed by atoms with E-state index in [1.165, 1.54) is 0 Å². The molecule has 10 heteroatoms. The average Bonchev–Trinajstić information content (AvgIpc) is 2.99. The molecule has 4 atom stereocenters. The highest BCUT2D eigenvalue weighted by Gasteiger charge is 2.42. The number of hydrogen-bond donors (Lipinski definition) is 4. The van der Waals surface area contributed by atoms with E-state index >= 15 is 0 Å². The summed E-state index contributed by atoms with van der Waals surface area (Å²) >= 11 is 0. The molecule has 1 aromatic heterocycles. The molecule has 23 heavy (non-hydrogen) atoms. The molecule has 2 heterocycles. The van der Waals surface area contributed by atoms with Gasteiger partial charge in [-0.2, -0.15) is 0 Å². The van der Waals surface area contributed by atoms with E-state index in [9.17, 15) is 4.57 Å². The maximum atomic E-state index is 10.9. The van der Waals surface area contributed by atoms with Crippen molar-refractivity contribution in [1.82, 2.24) is 9.55 Å². The van der Waals surface area contributed by atoms with Gasteiger partial charge in [0.1, 0.15) is 17.7 Å². The zero-order valence-electron chi connectivity index (χ0n) is 13.3. The molecule has 0 radical (unpaired) electrons. The summed E-state index contributed by atoms with van der Waals surface area (Å²) in [5.41, 5.74) is 6.62. The fourth-order valence-corrected chi connectivity index (χ4v) is 3.08. The molecule has 9 nitrogen and oxygen atoms in total. The molecule has 2 rings (SSSR count). The number of anilines is 1. The van der Waals surface area contributed by atoms with Gasteiger partial charge in [0.2, 0.25) is 0 Å². The molecule has 0 saturated carbocycles. The van der Waals surface area contributed by atoms with Gasteiger partial charge < -0.3 is 25.6 Å². The van der Waals surface area contributed by atoms with Crippen LogP contribution in [-0.4, -0.2) is 39.1 Å². The zero-order chi connectivity index (χ0) is 17.4. The van der Waals surface area contributed by atoms with Gasteiger partial charge >= 0.3 is 7.82 Å². The van der Waals surface area contributed by atoms with Gasteiger partial charge in [-0.15, -0.1) is 0 Å². The van der Waals surface area contributed by atoms with Gasteiger partial charge in [0, 0.05) is 13.0 Å². The van der Waals surface area contributed by atoms with Crippen LogP contribution in [0.3, 0.4) is 0 Å². The van der Waals surface area contributed by atoms with Crippen molar-refractivity contribution >= 4 is 19.3 Å². The summed E-state index contributed by atoms with van der Waals surface area (Å²) in [6.07, 6.45) is 0.831. The monoisotopic (exact) mass is 346 g/mol. The van der Waals surface area contributed by atoms with Crippen molar-refractivity contribution in [3.8, 4) is 0 Å². The summed E-state index contributed by atoms with van der Waals surface area (Å²) in [5.74, 6) is 0.807. The molecule has 5 N–H and O–H groups in total. The second kappa shape index (κ2) is 6.62. The second-order valence-electron chi connectivity index (χ2n) is 5.69. The van der Waals surface area contributed by atoms with Gasteiger partial charge in [0.25, 0.3) is 0 Å². The van der Waals surface area contributed by atoms with Crippen molar-refractivity contribution in [3.63, 3.8) is 0 Å². The SMILES string of the molecule is C=C(N)c1ncn([C@@H]2O[C@H](COP(=O)(O)O)[C@@H](C)[C@H]2C)c1NC. The number of nitrogens with zero attached hydrogens (tertiary/aromatic N) is 2. The Morgan fingerprint density at radius 3 is 2.74 bits per heavy atom. The van der Waals surface area contributed by atoms with E-state index in [4.69, 9.17) is 20.3 Å². The summed E-state index contributed by atoms with van der Waals surface area (Å²) in [6, 6.07) is 0. The lowest BCUT2D eigenvalue weighted by molar-refractivity contribution is -0.0339. The molecular formula is C13H23N4O5P. The van der Waals surface area contributed by atoms with Gasteiger partial charge in [-0.05, 0) is 5.92 Å². The smallest absolute Gasteiger partial charge is 0.397 e. The molecule has 130 valence electrons. The van der Waals surface area contributed by atoms with Crippen LogP contribution in [-0.2, 0) is 13.8 Å². The lowest BCUT2D eigenvalue weighted by Crippen LogP contribution is -2.21. The summed E-state index contributed by atoms with van der Waals surface area (Å²) in [4.78, 5) is 21.9. The molecule has 0 spiro atoms. The average molecular weight is 346 g/mol. The van der Waals surface area contributed by atoms with Crippen LogP contribution in [0.2, 0.25) is 0 Å². The maximum absolute atomic E-state index is 10.9. The van der Waals surface area contributed by atoms with E-state index in [1.807, 2.05) is 18.4 Å². The van der Waals surface area contributed by atoms with Gasteiger partial charge in [-0.1, -0.05) is 20.4 Å². The summed E-state index contributed by atoms with van der Waals surface area (Å²) < 4.78 is 23.2. The Kier molecular flexibility index (Phi) is 5.17. The number of ether oxygens (including phenoxy) is 1. The quantitative estimate of drug-likeness (QED) is 0.564. The predicted molar refractivity (Wildman–Crippen MR) is 85.2 cm³/mol. The first-order valence-corrected chi connectivity index (χ1v) is 8.73. The first kappa shape index (κ1) is 18.0. The van der Waals surface area contributed by atoms with Crippen LogP contribution in [0.4, 0.5) is 5.82 Å². The highest BCUT2D eigenvalue weighted by atomic mass is 31.2. The summed E-state index contributed by atoms with van der Waals surface area (Å²) in [7, 11) is -2.77. The highest BCUT2D eigenvalue weighted by molar-refractivity contribution is 7.46. The highest BCUT2D eigenvalue weighted by Crippen LogP contribution is 2.43. The molecule has 0 aromatic carbocycles. The van der Waals surface area contributed by atoms with Crippen molar-refractivity contribution in [2.45, 2.75) is 26.2 Å². The Morgan fingerprint density at radius 2 is 2.22 bits per heavy atom. The molecule has 1 aliphatic rings. The Balaban J connectivity index is 2.21. The minimum absolute atomic E-state index is 0.0446. The minimum atomic E-state index is -4.52. The number of phosphoric ester groups is 1. The van der Waals surface area contributed by atoms with Crippen molar-refractivity contribution < 1.29 is 23.6 Å². The van der Waals surface area contributed by atoms with Crippen LogP contribution in [0.15, 0.2) is 12.9 Å². The maximum Gasteiger partial charge on any atom is 0.469 e. The van der Waals surface area contributed by atoms with E-state index in [1.54, 1.807) is 13.4 Å². The second-order valence-corrected chi connectivity index (χ2v) is 6.93. The van der Waals surface area contributed by atoms with Crippen molar-refractivity contribution in [2.24, 2.45) is 17.6 Å². The molecule has 1 aromatic rings. The fraction of sp³-hybridized carbons (Fsp3) is 0.615. The first-order chi connectivity index (χ1) is 10.7. The largest absolute Gasteiger partial charge is 0.469 e. The van der Waals surface area contributed by atoms with E-state index in [0.29, 0.717) is 17.2 Å². The Bertz CT molecular complexity index is 628. The van der Waals surface area contributed by atoms with Gasteiger partial charge in [0.15, 0.2) is 0 Å². The minimum Gasteiger partial charge on any atom is -0.397 e. The molecule has 1 saturated heterocycles. The van der Waals surface area contributed by atoms with E-state index in [0.717, 1.165) is 0 Å². The molecule has 0 aliphatic carbocycles. The normalized spacial score (nSPS) is 28.0. The number of phosphoric acid groups is 1. The molecule has 1 fully saturated rings. The number of imidazole rings is 1. The van der Waals surface area contributed by atoms with Gasteiger partial charge in [0.05, 0.1) is 24.7 Å². The predicted octanol–water partition coefficient (Wildman–Crippen LogP) is 1.13. The Hall–Kier alpha value is -1.38.